The van der Waals surface area contributed by atoms with Gasteiger partial charge in [-0.25, -0.2) is 5.21 Å². The summed E-state index contributed by atoms with van der Waals surface area (Å²) < 4.78 is -0.0271. The molecule has 0 spiro atoms. The molecule has 1 aliphatic heterocycles. The summed E-state index contributed by atoms with van der Waals surface area (Å²) in [5.41, 5.74) is -0.574. The lowest BCUT2D eigenvalue weighted by Crippen LogP contribution is -2.65. The molecule has 0 amide bonds. The molecule has 0 aromatic heterocycles. The predicted molar refractivity (Wildman–Crippen MR) is 58.7 cm³/mol. The second-order valence-corrected chi connectivity index (χ2v) is 6.48. The van der Waals surface area contributed by atoms with Gasteiger partial charge in [-0.1, -0.05) is 0 Å². The standard InChI is InChI=1S/C11H25N2O2/c1-10(2)7-9(13(5,6)15)8-11(3,4)12(10)14/h9,14-15H,7-8H2,1-6H3/q+1. The summed E-state index contributed by atoms with van der Waals surface area (Å²) >= 11 is 0. The van der Waals surface area contributed by atoms with E-state index in [9.17, 15) is 10.4 Å². The van der Waals surface area contributed by atoms with E-state index >= 15 is 0 Å². The minimum absolute atomic E-state index is 0.0271. The number of hydrogen-bond donors (Lipinski definition) is 2. The Kier molecular flexibility index (Phi) is 2.94. The van der Waals surface area contributed by atoms with Crippen LogP contribution in [0.4, 0.5) is 0 Å². The average Bonchev–Trinajstić information content (AvgIpc) is 1.97. The Morgan fingerprint density at radius 3 is 1.67 bits per heavy atom. The van der Waals surface area contributed by atoms with Gasteiger partial charge < -0.3 is 5.21 Å². The van der Waals surface area contributed by atoms with E-state index in [4.69, 9.17) is 0 Å². The molecule has 0 unspecified atom stereocenters. The highest BCUT2D eigenvalue weighted by Gasteiger charge is 2.50. The second kappa shape index (κ2) is 3.42. The summed E-state index contributed by atoms with van der Waals surface area (Å²) in [6.45, 7) is 8.04. The lowest BCUT2D eigenvalue weighted by atomic mass is 9.78. The van der Waals surface area contributed by atoms with Crippen LogP contribution in [-0.2, 0) is 0 Å². The Morgan fingerprint density at radius 1 is 1.07 bits per heavy atom. The van der Waals surface area contributed by atoms with E-state index < -0.39 is 0 Å². The number of nitrogens with zero attached hydrogens (tertiary/aromatic N) is 2. The highest BCUT2D eigenvalue weighted by atomic mass is 16.5. The summed E-state index contributed by atoms with van der Waals surface area (Å²) in [7, 11) is 3.59. The monoisotopic (exact) mass is 217 g/mol. The Morgan fingerprint density at radius 2 is 1.40 bits per heavy atom. The quantitative estimate of drug-likeness (QED) is 0.520. The zero-order valence-electron chi connectivity index (χ0n) is 10.8. The maximum atomic E-state index is 10.1. The fraction of sp³-hybridized carbons (Fsp3) is 1.00. The van der Waals surface area contributed by atoms with Gasteiger partial charge in [-0.05, 0) is 27.7 Å². The van der Waals surface area contributed by atoms with Crippen LogP contribution >= 0.6 is 0 Å². The zero-order chi connectivity index (χ0) is 12.1. The highest BCUT2D eigenvalue weighted by Crippen LogP contribution is 2.39. The lowest BCUT2D eigenvalue weighted by Gasteiger charge is -2.52. The molecular formula is C11H25N2O2+. The molecule has 0 atom stereocenters. The average molecular weight is 217 g/mol. The van der Waals surface area contributed by atoms with Gasteiger partial charge in [0.05, 0.1) is 14.1 Å². The molecule has 15 heavy (non-hydrogen) atoms. The van der Waals surface area contributed by atoms with Crippen LogP contribution in [-0.4, -0.2) is 51.3 Å². The van der Waals surface area contributed by atoms with E-state index in [1.807, 2.05) is 27.7 Å². The topological polar surface area (TPSA) is 43.7 Å². The zero-order valence-corrected chi connectivity index (χ0v) is 10.8. The van der Waals surface area contributed by atoms with Gasteiger partial charge in [0.2, 0.25) is 0 Å². The van der Waals surface area contributed by atoms with Crippen LogP contribution in [0.3, 0.4) is 0 Å². The Hall–Kier alpha value is -0.160. The molecule has 1 heterocycles. The first-order valence-electron chi connectivity index (χ1n) is 5.52. The second-order valence-electron chi connectivity index (χ2n) is 6.48. The van der Waals surface area contributed by atoms with Crippen molar-refractivity contribution in [3.05, 3.63) is 0 Å². The minimum Gasteiger partial charge on any atom is -0.313 e. The van der Waals surface area contributed by atoms with Crippen molar-refractivity contribution < 1.29 is 15.1 Å². The molecule has 4 nitrogen and oxygen atoms in total. The number of quaternary nitrogens is 1. The van der Waals surface area contributed by atoms with Crippen LogP contribution in [0.1, 0.15) is 40.5 Å². The first kappa shape index (κ1) is 12.9. The summed E-state index contributed by atoms with van der Waals surface area (Å²) in [4.78, 5) is 0. The smallest absolute Gasteiger partial charge is 0.122 e. The normalized spacial score (nSPS) is 28.0. The van der Waals surface area contributed by atoms with Crippen LogP contribution in [0.25, 0.3) is 0 Å². The van der Waals surface area contributed by atoms with Gasteiger partial charge in [0.15, 0.2) is 0 Å². The molecule has 1 fully saturated rings. The van der Waals surface area contributed by atoms with Gasteiger partial charge in [-0.2, -0.15) is 9.71 Å². The van der Waals surface area contributed by atoms with E-state index in [1.165, 1.54) is 5.06 Å². The molecule has 0 bridgehead atoms. The van der Waals surface area contributed by atoms with Crippen molar-refractivity contribution in [1.82, 2.24) is 5.06 Å². The van der Waals surface area contributed by atoms with Crippen molar-refractivity contribution in [2.75, 3.05) is 14.1 Å². The van der Waals surface area contributed by atoms with E-state index in [1.54, 1.807) is 14.1 Å². The van der Waals surface area contributed by atoms with Crippen molar-refractivity contribution in [1.29, 1.82) is 0 Å². The molecule has 4 heteroatoms. The van der Waals surface area contributed by atoms with Gasteiger partial charge in [0, 0.05) is 23.9 Å². The number of hydrogen-bond acceptors (Lipinski definition) is 3. The largest absolute Gasteiger partial charge is 0.313 e. The molecule has 90 valence electrons. The molecule has 0 radical (unpaired) electrons. The molecule has 1 rings (SSSR count). The molecule has 0 saturated carbocycles. The summed E-state index contributed by atoms with van der Waals surface area (Å²) in [5, 5.41) is 21.6. The van der Waals surface area contributed by atoms with E-state index in [0.29, 0.717) is 0 Å². The number of piperidine rings is 1. The van der Waals surface area contributed by atoms with E-state index in [2.05, 4.69) is 0 Å². The minimum atomic E-state index is -0.287. The first-order chi connectivity index (χ1) is 6.47. The van der Waals surface area contributed by atoms with Gasteiger partial charge in [0.1, 0.15) is 6.04 Å². The fourth-order valence-corrected chi connectivity index (χ4v) is 2.66. The molecular weight excluding hydrogens is 192 g/mol. The van der Waals surface area contributed by atoms with Crippen molar-refractivity contribution in [3.8, 4) is 0 Å². The van der Waals surface area contributed by atoms with Crippen molar-refractivity contribution in [2.45, 2.75) is 57.7 Å². The van der Waals surface area contributed by atoms with Gasteiger partial charge >= 0.3 is 0 Å². The fourth-order valence-electron chi connectivity index (χ4n) is 2.66. The number of rotatable bonds is 1. The van der Waals surface area contributed by atoms with Crippen molar-refractivity contribution in [2.24, 2.45) is 0 Å². The number of hydroxylamine groups is 5. The third-order valence-corrected chi connectivity index (χ3v) is 3.51. The van der Waals surface area contributed by atoms with Crippen LogP contribution in [0.5, 0.6) is 0 Å². The van der Waals surface area contributed by atoms with Gasteiger partial charge in [-0.15, -0.1) is 0 Å². The molecule has 2 N–H and O–H groups in total. The first-order valence-corrected chi connectivity index (χ1v) is 5.52. The molecule has 0 aromatic rings. The van der Waals surface area contributed by atoms with Crippen LogP contribution < -0.4 is 0 Å². The Balaban J connectivity index is 2.94. The van der Waals surface area contributed by atoms with Crippen molar-refractivity contribution in [3.63, 3.8) is 0 Å². The molecule has 0 aromatic carbocycles. The maximum absolute atomic E-state index is 10.1. The Bertz CT molecular complexity index is 225. The third-order valence-electron chi connectivity index (χ3n) is 3.51. The summed E-state index contributed by atoms with van der Waals surface area (Å²) in [6.07, 6.45) is 1.58. The molecule has 1 aliphatic rings. The van der Waals surface area contributed by atoms with Crippen LogP contribution in [0.2, 0.25) is 0 Å². The summed E-state index contributed by atoms with van der Waals surface area (Å²) in [5.74, 6) is 0. The van der Waals surface area contributed by atoms with Gasteiger partial charge in [-0.3, -0.25) is 0 Å². The molecule has 0 aliphatic carbocycles. The maximum Gasteiger partial charge on any atom is 0.122 e. The van der Waals surface area contributed by atoms with Crippen molar-refractivity contribution >= 4 is 0 Å². The van der Waals surface area contributed by atoms with Crippen LogP contribution in [0, 0.1) is 0 Å². The third kappa shape index (κ3) is 2.50. The van der Waals surface area contributed by atoms with Crippen LogP contribution in [0.15, 0.2) is 0 Å². The highest BCUT2D eigenvalue weighted by molar-refractivity contribution is 4.96. The summed E-state index contributed by atoms with van der Waals surface area (Å²) in [6, 6.07) is 0.165. The van der Waals surface area contributed by atoms with E-state index in [0.717, 1.165) is 12.8 Å². The predicted octanol–water partition coefficient (Wildman–Crippen LogP) is 1.86. The van der Waals surface area contributed by atoms with E-state index in [-0.39, 0.29) is 21.8 Å². The Labute approximate surface area is 92.6 Å². The van der Waals surface area contributed by atoms with Gasteiger partial charge in [0.25, 0.3) is 0 Å². The molecule has 1 saturated heterocycles. The lowest BCUT2D eigenvalue weighted by molar-refractivity contribution is -1.09. The SMILES string of the molecule is CC1(C)CC([N+](C)(C)O)CC(C)(C)N1O.